The lowest BCUT2D eigenvalue weighted by atomic mass is 10.1. The summed E-state index contributed by atoms with van der Waals surface area (Å²) in [4.78, 5) is 61.2. The number of hydrogen-bond donors (Lipinski definition) is 5. The fraction of sp³-hybridized carbons (Fsp3) is 0.265. The first-order valence-corrected chi connectivity index (χ1v) is 16.8. The minimum atomic E-state index is -0.431. The van der Waals surface area contributed by atoms with Crippen LogP contribution < -0.4 is 26.2 Å². The Morgan fingerprint density at radius 2 is 1.20 bits per heavy atom. The summed E-state index contributed by atoms with van der Waals surface area (Å²) in [7, 11) is 5.09. The number of imidazole rings is 1. The molecule has 1 aromatic carbocycles. The van der Waals surface area contributed by atoms with Gasteiger partial charge >= 0.3 is 0 Å². The maximum atomic E-state index is 13.2. The number of rotatable bonds is 15. The van der Waals surface area contributed by atoms with Crippen LogP contribution in [0.25, 0.3) is 0 Å². The van der Waals surface area contributed by atoms with Crippen LogP contribution in [0.15, 0.2) is 73.4 Å². The molecule has 4 heterocycles. The molecule has 262 valence electrons. The van der Waals surface area contributed by atoms with Crippen LogP contribution in [0.4, 0.5) is 22.7 Å². The SMILES string of the molecule is Cn1cc(NC(=O)c2cc(NC(=O)c3cc(NC(=O)c4ccc(N(CCCl)CCCl)cc4)cn3C)cn2C)cc1C(=O)NCCc1ncc[nH]1. The van der Waals surface area contributed by atoms with Crippen molar-refractivity contribution in [3.05, 3.63) is 102 Å². The van der Waals surface area contributed by atoms with Crippen molar-refractivity contribution in [2.45, 2.75) is 6.42 Å². The van der Waals surface area contributed by atoms with Gasteiger partial charge in [-0.05, 0) is 42.5 Å². The molecule has 0 aliphatic carbocycles. The average Bonchev–Trinajstić information content (AvgIpc) is 3.89. The van der Waals surface area contributed by atoms with Gasteiger partial charge in [-0.25, -0.2) is 4.98 Å². The number of hydrogen-bond acceptors (Lipinski definition) is 6. The van der Waals surface area contributed by atoms with Crippen molar-refractivity contribution in [2.75, 3.05) is 52.2 Å². The minimum Gasteiger partial charge on any atom is -0.369 e. The number of benzene rings is 1. The molecule has 0 saturated heterocycles. The summed E-state index contributed by atoms with van der Waals surface area (Å²) >= 11 is 11.8. The molecule has 16 heteroatoms. The summed E-state index contributed by atoms with van der Waals surface area (Å²) in [5.41, 5.74) is 3.60. The van der Waals surface area contributed by atoms with Crippen molar-refractivity contribution >= 4 is 69.6 Å². The van der Waals surface area contributed by atoms with E-state index in [4.69, 9.17) is 23.2 Å². The number of H-pyrrole nitrogens is 1. The molecule has 50 heavy (non-hydrogen) atoms. The van der Waals surface area contributed by atoms with Crippen molar-refractivity contribution in [1.29, 1.82) is 0 Å². The number of aromatic nitrogens is 5. The van der Waals surface area contributed by atoms with E-state index in [1.807, 2.05) is 17.0 Å². The molecule has 0 spiro atoms. The zero-order chi connectivity index (χ0) is 35.8. The zero-order valence-electron chi connectivity index (χ0n) is 27.8. The van der Waals surface area contributed by atoms with E-state index in [0.29, 0.717) is 71.8 Å². The van der Waals surface area contributed by atoms with Gasteiger partial charge < -0.3 is 44.9 Å². The van der Waals surface area contributed by atoms with E-state index in [1.165, 1.54) is 0 Å². The van der Waals surface area contributed by atoms with E-state index in [0.717, 1.165) is 11.5 Å². The smallest absolute Gasteiger partial charge is 0.272 e. The predicted molar refractivity (Wildman–Crippen MR) is 195 cm³/mol. The highest BCUT2D eigenvalue weighted by atomic mass is 35.5. The Morgan fingerprint density at radius 3 is 1.66 bits per heavy atom. The largest absolute Gasteiger partial charge is 0.369 e. The Morgan fingerprint density at radius 1 is 0.720 bits per heavy atom. The van der Waals surface area contributed by atoms with Gasteiger partial charge in [0.2, 0.25) is 0 Å². The van der Waals surface area contributed by atoms with Gasteiger partial charge in [-0.3, -0.25) is 19.2 Å². The van der Waals surface area contributed by atoms with Gasteiger partial charge in [0.1, 0.15) is 22.9 Å². The summed E-state index contributed by atoms with van der Waals surface area (Å²) < 4.78 is 4.81. The van der Waals surface area contributed by atoms with Gasteiger partial charge in [0.15, 0.2) is 0 Å². The predicted octanol–water partition coefficient (Wildman–Crippen LogP) is 4.44. The van der Waals surface area contributed by atoms with Crippen LogP contribution >= 0.6 is 23.2 Å². The number of anilines is 4. The van der Waals surface area contributed by atoms with E-state index in [1.54, 1.807) is 96.2 Å². The van der Waals surface area contributed by atoms with Crippen molar-refractivity contribution in [3.8, 4) is 0 Å². The van der Waals surface area contributed by atoms with Crippen LogP contribution in [0.1, 0.15) is 47.6 Å². The molecule has 0 saturated carbocycles. The second kappa shape index (κ2) is 16.3. The van der Waals surface area contributed by atoms with Crippen molar-refractivity contribution in [2.24, 2.45) is 21.1 Å². The van der Waals surface area contributed by atoms with Gasteiger partial charge in [-0.2, -0.15) is 0 Å². The minimum absolute atomic E-state index is 0.283. The highest BCUT2D eigenvalue weighted by molar-refractivity contribution is 6.18. The first-order valence-electron chi connectivity index (χ1n) is 15.7. The van der Waals surface area contributed by atoms with E-state index >= 15 is 0 Å². The number of aryl methyl sites for hydroxylation is 3. The molecular formula is C34H38Cl2N10O4. The Labute approximate surface area is 298 Å². The number of carbonyl (C=O) groups excluding carboxylic acids is 4. The van der Waals surface area contributed by atoms with Crippen LogP contribution in [0.5, 0.6) is 0 Å². The van der Waals surface area contributed by atoms with Crippen molar-refractivity contribution in [1.82, 2.24) is 29.0 Å². The maximum Gasteiger partial charge on any atom is 0.272 e. The van der Waals surface area contributed by atoms with Gasteiger partial charge in [-0.15, -0.1) is 23.2 Å². The molecule has 0 radical (unpaired) electrons. The molecule has 4 amide bonds. The maximum absolute atomic E-state index is 13.2. The Balaban J connectivity index is 1.17. The van der Waals surface area contributed by atoms with Crippen LogP contribution in [0.3, 0.4) is 0 Å². The quantitative estimate of drug-likeness (QED) is 0.100. The molecule has 14 nitrogen and oxygen atoms in total. The molecule has 0 aliphatic heterocycles. The molecule has 5 aromatic rings. The first-order chi connectivity index (χ1) is 24.1. The lowest BCUT2D eigenvalue weighted by molar-refractivity contribution is 0.0943. The lowest BCUT2D eigenvalue weighted by Gasteiger charge is -2.22. The molecule has 5 N–H and O–H groups in total. The standard InChI is InChI=1S/C34H38Cl2N10O4/c1-43-20-24(16-27(43)32(48)39-11-8-30-37-12-13-38-30)41-34(50)29-18-25(21-45(29)3)42-33(49)28-17-23(19-44(28)2)40-31(47)22-4-6-26(7-5-22)46(14-9-35)15-10-36/h4-7,12-13,16-21H,8-11,14-15H2,1-3H3,(H,37,38)(H,39,48)(H,40,47)(H,41,50)(H,42,49). The van der Waals surface area contributed by atoms with Gasteiger partial charge in [0, 0.05) is 101 Å². The Kier molecular flexibility index (Phi) is 11.7. The molecule has 0 bridgehead atoms. The zero-order valence-corrected chi connectivity index (χ0v) is 29.3. The molecule has 0 atom stereocenters. The average molecular weight is 722 g/mol. The van der Waals surface area contributed by atoms with Crippen LogP contribution in [0.2, 0.25) is 0 Å². The second-order valence-electron chi connectivity index (χ2n) is 11.5. The summed E-state index contributed by atoms with van der Waals surface area (Å²) in [6.07, 6.45) is 8.83. The normalized spacial score (nSPS) is 10.9. The van der Waals surface area contributed by atoms with Crippen molar-refractivity contribution < 1.29 is 19.2 Å². The fourth-order valence-corrected chi connectivity index (χ4v) is 5.79. The highest BCUT2D eigenvalue weighted by Crippen LogP contribution is 2.21. The highest BCUT2D eigenvalue weighted by Gasteiger charge is 2.19. The fourth-order valence-electron chi connectivity index (χ4n) is 5.39. The number of amides is 4. The molecule has 0 unspecified atom stereocenters. The van der Waals surface area contributed by atoms with E-state index < -0.39 is 11.8 Å². The molecule has 0 fully saturated rings. The van der Waals surface area contributed by atoms with E-state index in [-0.39, 0.29) is 17.5 Å². The Bertz CT molecular complexity index is 1960. The van der Waals surface area contributed by atoms with Gasteiger partial charge in [0.05, 0.1) is 17.1 Å². The number of halogens is 2. The van der Waals surface area contributed by atoms with Gasteiger partial charge in [0.25, 0.3) is 23.6 Å². The molecule has 4 aromatic heterocycles. The third kappa shape index (κ3) is 8.76. The number of carbonyl (C=O) groups is 4. The summed E-state index contributed by atoms with van der Waals surface area (Å²) in [6.45, 7) is 1.67. The number of alkyl halides is 2. The van der Waals surface area contributed by atoms with Crippen molar-refractivity contribution in [3.63, 3.8) is 0 Å². The number of nitrogens with zero attached hydrogens (tertiary/aromatic N) is 5. The number of aromatic amines is 1. The Hall–Kier alpha value is -5.47. The second-order valence-corrected chi connectivity index (χ2v) is 12.2. The summed E-state index contributed by atoms with van der Waals surface area (Å²) in [6, 6.07) is 11.8. The van der Waals surface area contributed by atoms with Crippen LogP contribution in [-0.2, 0) is 27.6 Å². The summed E-state index contributed by atoms with van der Waals surface area (Å²) in [5, 5.41) is 11.3. The van der Waals surface area contributed by atoms with E-state index in [9.17, 15) is 19.2 Å². The molecule has 0 aliphatic rings. The third-order valence-corrected chi connectivity index (χ3v) is 8.23. The molecular weight excluding hydrogens is 683 g/mol. The van der Waals surface area contributed by atoms with Crippen LogP contribution in [-0.4, -0.2) is 78.7 Å². The summed E-state index contributed by atoms with van der Waals surface area (Å²) in [5.74, 6) is 0.214. The molecule has 5 rings (SSSR count). The van der Waals surface area contributed by atoms with Crippen LogP contribution in [0, 0.1) is 0 Å². The van der Waals surface area contributed by atoms with E-state index in [2.05, 4.69) is 31.2 Å². The monoisotopic (exact) mass is 720 g/mol. The van der Waals surface area contributed by atoms with Gasteiger partial charge in [-0.1, -0.05) is 0 Å². The topological polar surface area (TPSA) is 163 Å². The third-order valence-electron chi connectivity index (χ3n) is 7.89. The number of nitrogens with one attached hydrogen (secondary N) is 5. The first kappa shape index (κ1) is 35.8. The lowest BCUT2D eigenvalue weighted by Crippen LogP contribution is -2.27.